The average Bonchev–Trinajstić information content (AvgIpc) is 2.47. The second kappa shape index (κ2) is 3.15. The van der Waals surface area contributed by atoms with Crippen LogP contribution < -0.4 is 0 Å². The molecule has 1 aliphatic carbocycles. The van der Waals surface area contributed by atoms with Gasteiger partial charge < -0.3 is 0 Å². The normalized spacial score (nSPS) is 19.5. The van der Waals surface area contributed by atoms with E-state index < -0.39 is 5.92 Å². The number of benzene rings is 1. The molecule has 0 fully saturated rings. The molecule has 0 saturated heterocycles. The molecule has 0 aliphatic heterocycles. The molecule has 0 heterocycles. The second-order valence-corrected chi connectivity index (χ2v) is 3.47. The third kappa shape index (κ3) is 1.81. The molecule has 0 atom stereocenters. The van der Waals surface area contributed by atoms with Crippen LogP contribution in [0.5, 0.6) is 0 Å². The second-order valence-electron chi connectivity index (χ2n) is 3.47. The van der Waals surface area contributed by atoms with E-state index in [9.17, 15) is 13.2 Å². The van der Waals surface area contributed by atoms with Crippen molar-refractivity contribution < 1.29 is 13.2 Å². The lowest BCUT2D eigenvalue weighted by molar-refractivity contribution is 0.0172. The van der Waals surface area contributed by atoms with Crippen LogP contribution in [0.4, 0.5) is 13.2 Å². The fourth-order valence-corrected chi connectivity index (χ4v) is 1.58. The van der Waals surface area contributed by atoms with Crippen molar-refractivity contribution in [2.45, 2.75) is 18.8 Å². The van der Waals surface area contributed by atoms with Gasteiger partial charge in [-0.3, -0.25) is 0 Å². The van der Waals surface area contributed by atoms with Crippen LogP contribution >= 0.6 is 0 Å². The van der Waals surface area contributed by atoms with Crippen molar-refractivity contribution in [2.24, 2.45) is 0 Å². The van der Waals surface area contributed by atoms with Gasteiger partial charge >= 0.3 is 0 Å². The molecule has 0 nitrogen and oxygen atoms in total. The molecule has 1 aliphatic rings. The summed E-state index contributed by atoms with van der Waals surface area (Å²) >= 11 is 0. The van der Waals surface area contributed by atoms with Crippen LogP contribution in [0, 0.1) is 5.82 Å². The van der Waals surface area contributed by atoms with Crippen LogP contribution in [-0.4, -0.2) is 5.92 Å². The Morgan fingerprint density at radius 3 is 2.21 bits per heavy atom. The Hall–Kier alpha value is -1.25. The van der Waals surface area contributed by atoms with Gasteiger partial charge in [0.15, 0.2) is 0 Å². The van der Waals surface area contributed by atoms with Crippen molar-refractivity contribution >= 4 is 5.57 Å². The van der Waals surface area contributed by atoms with Crippen molar-refractivity contribution in [3.63, 3.8) is 0 Å². The first-order chi connectivity index (χ1) is 6.57. The van der Waals surface area contributed by atoms with Gasteiger partial charge in [0, 0.05) is 12.8 Å². The van der Waals surface area contributed by atoms with E-state index in [0.717, 1.165) is 0 Å². The van der Waals surface area contributed by atoms with E-state index >= 15 is 0 Å². The molecule has 14 heavy (non-hydrogen) atoms. The maximum absolute atomic E-state index is 12.8. The molecule has 3 heteroatoms. The molecule has 0 unspecified atom stereocenters. The number of halogens is 3. The predicted molar refractivity (Wildman–Crippen MR) is 48.6 cm³/mol. The fraction of sp³-hybridized carbons (Fsp3) is 0.273. The first-order valence-corrected chi connectivity index (χ1v) is 4.40. The number of hydrogen-bond donors (Lipinski definition) is 0. The van der Waals surface area contributed by atoms with Crippen molar-refractivity contribution in [3.05, 3.63) is 41.7 Å². The molecule has 0 N–H and O–H groups in total. The largest absolute Gasteiger partial charge is 0.255 e. The Labute approximate surface area is 80.1 Å². The minimum absolute atomic E-state index is 0.209. The van der Waals surface area contributed by atoms with Gasteiger partial charge in [0.2, 0.25) is 0 Å². The Balaban J connectivity index is 2.22. The van der Waals surface area contributed by atoms with Gasteiger partial charge in [0.1, 0.15) is 5.82 Å². The summed E-state index contributed by atoms with van der Waals surface area (Å²) in [6.07, 6.45) is 1.07. The molecular formula is C11H9F3. The lowest BCUT2D eigenvalue weighted by atomic mass is 10.1. The lowest BCUT2D eigenvalue weighted by Crippen LogP contribution is -2.09. The van der Waals surface area contributed by atoms with Crippen LogP contribution in [0.3, 0.4) is 0 Å². The number of alkyl halides is 2. The van der Waals surface area contributed by atoms with Gasteiger partial charge in [-0.2, -0.15) is 0 Å². The van der Waals surface area contributed by atoms with Crippen LogP contribution in [0.1, 0.15) is 18.4 Å². The highest BCUT2D eigenvalue weighted by atomic mass is 19.3. The Bertz CT molecular complexity index is 363. The van der Waals surface area contributed by atoms with Crippen molar-refractivity contribution in [3.8, 4) is 0 Å². The van der Waals surface area contributed by atoms with Crippen LogP contribution in [0.15, 0.2) is 30.3 Å². The van der Waals surface area contributed by atoms with Crippen molar-refractivity contribution in [1.82, 2.24) is 0 Å². The molecule has 1 aromatic carbocycles. The Morgan fingerprint density at radius 2 is 1.71 bits per heavy atom. The highest BCUT2D eigenvalue weighted by molar-refractivity contribution is 5.68. The van der Waals surface area contributed by atoms with E-state index in [1.807, 2.05) is 0 Å². The van der Waals surface area contributed by atoms with Gasteiger partial charge in [-0.1, -0.05) is 18.2 Å². The molecule has 0 spiro atoms. The summed E-state index contributed by atoms with van der Waals surface area (Å²) in [7, 11) is 0. The Morgan fingerprint density at radius 1 is 1.07 bits per heavy atom. The predicted octanol–water partition coefficient (Wildman–Crippen LogP) is 3.64. The smallest absolute Gasteiger partial charge is 0.207 e. The summed E-state index contributed by atoms with van der Waals surface area (Å²) in [5.41, 5.74) is 1.29. The van der Waals surface area contributed by atoms with Gasteiger partial charge in [-0.25, -0.2) is 13.2 Å². The van der Waals surface area contributed by atoms with Crippen LogP contribution in [0.25, 0.3) is 5.57 Å². The summed E-state index contributed by atoms with van der Waals surface area (Å²) in [6.45, 7) is 0. The minimum Gasteiger partial charge on any atom is -0.207 e. The van der Waals surface area contributed by atoms with E-state index in [-0.39, 0.29) is 18.7 Å². The first-order valence-electron chi connectivity index (χ1n) is 4.40. The molecule has 0 aromatic heterocycles. The zero-order valence-electron chi connectivity index (χ0n) is 7.43. The van der Waals surface area contributed by atoms with Gasteiger partial charge in [-0.05, 0) is 23.3 Å². The molecule has 0 radical (unpaired) electrons. The summed E-state index contributed by atoms with van der Waals surface area (Å²) in [4.78, 5) is 0. The maximum Gasteiger partial charge on any atom is 0.255 e. The highest BCUT2D eigenvalue weighted by Gasteiger charge is 2.34. The van der Waals surface area contributed by atoms with E-state index in [4.69, 9.17) is 0 Å². The fourth-order valence-electron chi connectivity index (χ4n) is 1.58. The lowest BCUT2D eigenvalue weighted by Gasteiger charge is -2.08. The molecule has 74 valence electrons. The minimum atomic E-state index is -2.62. The van der Waals surface area contributed by atoms with E-state index in [1.54, 1.807) is 0 Å². The first kappa shape index (κ1) is 9.31. The Kier molecular flexibility index (Phi) is 2.10. The number of allylic oxidation sites excluding steroid dienone is 2. The monoisotopic (exact) mass is 198 g/mol. The quantitative estimate of drug-likeness (QED) is 0.646. The number of hydrogen-bond acceptors (Lipinski definition) is 0. The highest BCUT2D eigenvalue weighted by Crippen LogP contribution is 2.38. The number of rotatable bonds is 1. The van der Waals surface area contributed by atoms with Crippen molar-refractivity contribution in [2.75, 3.05) is 0 Å². The topological polar surface area (TPSA) is 0 Å². The third-order valence-corrected chi connectivity index (χ3v) is 2.31. The average molecular weight is 198 g/mol. The SMILES string of the molecule is Fc1ccc(C2=CCC(F)(F)C2)cc1. The summed E-state index contributed by atoms with van der Waals surface area (Å²) in [5.74, 6) is -2.97. The third-order valence-electron chi connectivity index (χ3n) is 2.31. The zero-order chi connectivity index (χ0) is 10.2. The summed E-state index contributed by atoms with van der Waals surface area (Å²) in [5, 5.41) is 0. The van der Waals surface area contributed by atoms with E-state index in [0.29, 0.717) is 11.1 Å². The van der Waals surface area contributed by atoms with Gasteiger partial charge in [-0.15, -0.1) is 0 Å². The summed E-state index contributed by atoms with van der Waals surface area (Å²) < 4.78 is 38.2. The van der Waals surface area contributed by atoms with Gasteiger partial charge in [0.25, 0.3) is 5.92 Å². The molecule has 0 saturated carbocycles. The standard InChI is InChI=1S/C11H9F3/c12-10-3-1-8(2-4-10)9-5-6-11(13,14)7-9/h1-5H,6-7H2. The molecule has 2 rings (SSSR count). The van der Waals surface area contributed by atoms with Crippen LogP contribution in [0.2, 0.25) is 0 Å². The molecule has 1 aromatic rings. The molecular weight excluding hydrogens is 189 g/mol. The van der Waals surface area contributed by atoms with Crippen molar-refractivity contribution in [1.29, 1.82) is 0 Å². The summed E-state index contributed by atoms with van der Waals surface area (Å²) in [6, 6.07) is 5.63. The maximum atomic E-state index is 12.8. The molecule has 0 bridgehead atoms. The van der Waals surface area contributed by atoms with Crippen LogP contribution in [-0.2, 0) is 0 Å². The van der Waals surface area contributed by atoms with E-state index in [2.05, 4.69) is 0 Å². The van der Waals surface area contributed by atoms with Gasteiger partial charge in [0.05, 0.1) is 0 Å². The zero-order valence-corrected chi connectivity index (χ0v) is 7.43. The molecule has 0 amide bonds. The van der Waals surface area contributed by atoms with E-state index in [1.165, 1.54) is 30.3 Å².